The molecule has 0 unspecified atom stereocenters. The lowest BCUT2D eigenvalue weighted by Crippen LogP contribution is -2.40. The third-order valence-corrected chi connectivity index (χ3v) is 5.19. The number of rotatable bonds is 3. The first-order chi connectivity index (χ1) is 10.2. The lowest BCUT2D eigenvalue weighted by Gasteiger charge is -2.32. The highest BCUT2D eigenvalue weighted by molar-refractivity contribution is 7.14. The molecule has 1 aliphatic heterocycles. The quantitative estimate of drug-likeness (QED) is 0.876. The average Bonchev–Trinajstić information content (AvgIpc) is 3.16. The summed E-state index contributed by atoms with van der Waals surface area (Å²) in [5.74, 6) is 0.160. The van der Waals surface area contributed by atoms with Crippen molar-refractivity contribution in [1.29, 1.82) is 0 Å². The van der Waals surface area contributed by atoms with E-state index in [9.17, 15) is 4.79 Å². The maximum absolute atomic E-state index is 12.7. The van der Waals surface area contributed by atoms with Crippen molar-refractivity contribution in [2.75, 3.05) is 13.1 Å². The smallest absolute Gasteiger partial charge is 0.264 e. The van der Waals surface area contributed by atoms with Gasteiger partial charge in [-0.15, -0.1) is 11.3 Å². The molecule has 1 atom stereocenters. The first-order valence-electron chi connectivity index (χ1n) is 7.41. The molecular formula is C15H20N4OS. The number of likely N-dealkylation sites (tertiary alicyclic amines) is 1. The highest BCUT2D eigenvalue weighted by atomic mass is 32.1. The number of carbonyl (C=O) groups is 1. The number of thiophene rings is 1. The van der Waals surface area contributed by atoms with Gasteiger partial charge in [-0.2, -0.15) is 5.10 Å². The van der Waals surface area contributed by atoms with E-state index >= 15 is 0 Å². The monoisotopic (exact) mass is 304 g/mol. The molecule has 2 aromatic rings. The van der Waals surface area contributed by atoms with Crippen molar-refractivity contribution in [2.45, 2.75) is 39.2 Å². The van der Waals surface area contributed by atoms with Gasteiger partial charge in [0.25, 0.3) is 5.91 Å². The van der Waals surface area contributed by atoms with Crippen molar-refractivity contribution in [2.24, 2.45) is 0 Å². The predicted octanol–water partition coefficient (Wildman–Crippen LogP) is 2.69. The molecule has 21 heavy (non-hydrogen) atoms. The van der Waals surface area contributed by atoms with E-state index in [1.54, 1.807) is 24.0 Å². The topological polar surface area (TPSA) is 51.0 Å². The molecule has 3 rings (SSSR count). The van der Waals surface area contributed by atoms with E-state index in [0.29, 0.717) is 0 Å². The van der Waals surface area contributed by atoms with Gasteiger partial charge in [0.15, 0.2) is 0 Å². The number of amides is 1. The predicted molar refractivity (Wildman–Crippen MR) is 82.6 cm³/mol. The van der Waals surface area contributed by atoms with Crippen molar-refractivity contribution in [3.63, 3.8) is 0 Å². The van der Waals surface area contributed by atoms with Gasteiger partial charge in [-0.25, -0.2) is 9.67 Å². The molecule has 6 heteroatoms. The molecule has 0 aliphatic carbocycles. The average molecular weight is 304 g/mol. The van der Waals surface area contributed by atoms with Crippen LogP contribution in [0, 0.1) is 6.92 Å². The largest absolute Gasteiger partial charge is 0.336 e. The molecule has 3 heterocycles. The van der Waals surface area contributed by atoms with Crippen LogP contribution in [0.3, 0.4) is 0 Å². The number of hydrogen-bond acceptors (Lipinski definition) is 4. The van der Waals surface area contributed by atoms with Crippen LogP contribution in [0.4, 0.5) is 0 Å². The Morgan fingerprint density at radius 3 is 3.05 bits per heavy atom. The van der Waals surface area contributed by atoms with Crippen LogP contribution in [0.25, 0.3) is 0 Å². The Hall–Kier alpha value is -1.69. The molecule has 0 aromatic carbocycles. The number of piperidine rings is 1. The van der Waals surface area contributed by atoms with Crippen LogP contribution in [0.15, 0.2) is 18.7 Å². The Morgan fingerprint density at radius 2 is 2.38 bits per heavy atom. The number of aryl methyl sites for hydroxylation is 2. The van der Waals surface area contributed by atoms with E-state index in [-0.39, 0.29) is 11.9 Å². The summed E-state index contributed by atoms with van der Waals surface area (Å²) in [6.45, 7) is 5.78. The van der Waals surface area contributed by atoms with Gasteiger partial charge >= 0.3 is 0 Å². The molecule has 0 saturated carbocycles. The summed E-state index contributed by atoms with van der Waals surface area (Å²) < 4.78 is 1.87. The summed E-state index contributed by atoms with van der Waals surface area (Å²) in [5, 5.41) is 4.21. The van der Waals surface area contributed by atoms with Crippen molar-refractivity contribution < 1.29 is 4.79 Å². The minimum Gasteiger partial charge on any atom is -0.336 e. The molecule has 5 nitrogen and oxygen atoms in total. The zero-order valence-electron chi connectivity index (χ0n) is 12.5. The minimum absolute atomic E-state index is 0.160. The van der Waals surface area contributed by atoms with Crippen LogP contribution in [0.2, 0.25) is 0 Å². The molecule has 1 aliphatic rings. The number of carbonyl (C=O) groups excluding carboxylic acids is 1. The fourth-order valence-electron chi connectivity index (χ4n) is 2.89. The number of nitrogens with zero attached hydrogens (tertiary/aromatic N) is 4. The lowest BCUT2D eigenvalue weighted by atomic mass is 10.1. The van der Waals surface area contributed by atoms with Crippen molar-refractivity contribution in [3.05, 3.63) is 34.0 Å². The molecule has 0 bridgehead atoms. The van der Waals surface area contributed by atoms with Crippen LogP contribution in [-0.4, -0.2) is 38.7 Å². The molecule has 2 aromatic heterocycles. The third-order valence-electron chi connectivity index (χ3n) is 4.11. The summed E-state index contributed by atoms with van der Waals surface area (Å²) in [6, 6.07) is 2.30. The van der Waals surface area contributed by atoms with Crippen LogP contribution in [0.1, 0.15) is 45.9 Å². The lowest BCUT2D eigenvalue weighted by molar-refractivity contribution is 0.0677. The van der Waals surface area contributed by atoms with Crippen molar-refractivity contribution in [1.82, 2.24) is 19.7 Å². The molecule has 1 amide bonds. The van der Waals surface area contributed by atoms with Crippen LogP contribution >= 0.6 is 11.3 Å². The van der Waals surface area contributed by atoms with Gasteiger partial charge in [0.1, 0.15) is 12.7 Å². The van der Waals surface area contributed by atoms with Gasteiger partial charge in [-0.3, -0.25) is 4.79 Å². The zero-order valence-corrected chi connectivity index (χ0v) is 13.3. The Morgan fingerprint density at radius 1 is 1.52 bits per heavy atom. The maximum Gasteiger partial charge on any atom is 0.264 e. The van der Waals surface area contributed by atoms with Crippen LogP contribution in [0.5, 0.6) is 0 Å². The second kappa shape index (κ2) is 5.97. The number of hydrogen-bond donors (Lipinski definition) is 0. The van der Waals surface area contributed by atoms with Crippen LogP contribution < -0.4 is 0 Å². The minimum atomic E-state index is 0.160. The second-order valence-corrected chi connectivity index (χ2v) is 6.72. The van der Waals surface area contributed by atoms with Crippen LogP contribution in [-0.2, 0) is 6.42 Å². The molecular weight excluding hydrogens is 284 g/mol. The number of aromatic nitrogens is 3. The molecule has 0 N–H and O–H groups in total. The molecule has 0 spiro atoms. The van der Waals surface area contributed by atoms with E-state index in [2.05, 4.69) is 30.0 Å². The Balaban J connectivity index is 1.74. The van der Waals surface area contributed by atoms with Gasteiger partial charge in [0, 0.05) is 18.0 Å². The van der Waals surface area contributed by atoms with Crippen molar-refractivity contribution >= 4 is 17.2 Å². The van der Waals surface area contributed by atoms with E-state index in [4.69, 9.17) is 0 Å². The van der Waals surface area contributed by atoms with E-state index in [0.717, 1.165) is 37.2 Å². The SMILES string of the molecule is CCc1cc(C(=O)N2CCC[C@@H](n3cncn3)C2)sc1C. The van der Waals surface area contributed by atoms with Gasteiger partial charge < -0.3 is 4.90 Å². The normalized spacial score (nSPS) is 19.0. The van der Waals surface area contributed by atoms with E-state index < -0.39 is 0 Å². The summed E-state index contributed by atoms with van der Waals surface area (Å²) >= 11 is 1.61. The summed E-state index contributed by atoms with van der Waals surface area (Å²) in [5.41, 5.74) is 1.29. The summed E-state index contributed by atoms with van der Waals surface area (Å²) in [6.07, 6.45) is 6.34. The highest BCUT2D eigenvalue weighted by Crippen LogP contribution is 2.26. The fraction of sp³-hybridized carbons (Fsp3) is 0.533. The Kier molecular flexibility index (Phi) is 4.05. The van der Waals surface area contributed by atoms with Gasteiger partial charge in [0.05, 0.1) is 10.9 Å². The molecule has 0 radical (unpaired) electrons. The second-order valence-electron chi connectivity index (χ2n) is 5.47. The first kappa shape index (κ1) is 14.3. The molecule has 1 saturated heterocycles. The van der Waals surface area contributed by atoms with Gasteiger partial charge in [-0.1, -0.05) is 6.92 Å². The maximum atomic E-state index is 12.7. The van der Waals surface area contributed by atoms with E-state index in [1.165, 1.54) is 10.4 Å². The Labute approximate surface area is 128 Å². The third kappa shape index (κ3) is 2.85. The summed E-state index contributed by atoms with van der Waals surface area (Å²) in [7, 11) is 0. The van der Waals surface area contributed by atoms with Crippen molar-refractivity contribution in [3.8, 4) is 0 Å². The standard InChI is InChI=1S/C15H20N4OS/c1-3-12-7-14(21-11(12)2)15(20)18-6-4-5-13(8-18)19-10-16-9-17-19/h7,9-10,13H,3-6,8H2,1-2H3/t13-/m1/s1. The van der Waals surface area contributed by atoms with Gasteiger partial charge in [0.2, 0.25) is 0 Å². The Bertz CT molecular complexity index is 620. The summed E-state index contributed by atoms with van der Waals surface area (Å²) in [4.78, 5) is 20.8. The fourth-order valence-corrected chi connectivity index (χ4v) is 3.97. The highest BCUT2D eigenvalue weighted by Gasteiger charge is 2.27. The molecule has 112 valence electrons. The van der Waals surface area contributed by atoms with E-state index in [1.807, 2.05) is 9.58 Å². The van der Waals surface area contributed by atoms with Gasteiger partial charge in [-0.05, 0) is 37.8 Å². The molecule has 1 fully saturated rings. The first-order valence-corrected chi connectivity index (χ1v) is 8.23. The zero-order chi connectivity index (χ0) is 14.8.